The van der Waals surface area contributed by atoms with Gasteiger partial charge in [-0.1, -0.05) is 30.3 Å². The molecule has 0 bridgehead atoms. The number of nitrogens with one attached hydrogen (secondary N) is 1. The molecule has 0 aliphatic rings. The molecule has 23 heavy (non-hydrogen) atoms. The highest BCUT2D eigenvalue weighted by Gasteiger charge is 2.18. The molecule has 2 rings (SSSR count). The summed E-state index contributed by atoms with van der Waals surface area (Å²) in [6.07, 6.45) is -0.639. The van der Waals surface area contributed by atoms with Crippen molar-refractivity contribution in [2.45, 2.75) is 32.0 Å². The molecule has 0 saturated carbocycles. The summed E-state index contributed by atoms with van der Waals surface area (Å²) in [6, 6.07) is 16.2. The van der Waals surface area contributed by atoms with Crippen LogP contribution in [-0.2, 0) is 0 Å². The molecule has 0 spiro atoms. The summed E-state index contributed by atoms with van der Waals surface area (Å²) in [5.74, 6) is 1.03. The number of phenolic OH excluding ortho intramolecular Hbond substituents is 1. The first-order valence-electron chi connectivity index (χ1n) is 7.47. The number of rotatable bonds is 7. The van der Waals surface area contributed by atoms with Gasteiger partial charge in [-0.15, -0.1) is 12.4 Å². The second-order valence-electron chi connectivity index (χ2n) is 5.52. The van der Waals surface area contributed by atoms with Crippen LogP contribution in [0.5, 0.6) is 11.5 Å². The van der Waals surface area contributed by atoms with Crippen molar-refractivity contribution in [3.8, 4) is 11.5 Å². The first kappa shape index (κ1) is 19.3. The lowest BCUT2D eigenvalue weighted by Gasteiger charge is -2.25. The lowest BCUT2D eigenvalue weighted by Crippen LogP contribution is -2.41. The number of halogens is 1. The SMILES string of the molecule is C[C@H](CO[13c]1[13cH][13cH][13cH][13cH][13cH]1)N[C@@H](C)[C@H](O)c1ccc(O)cc1.Cl. The lowest BCUT2D eigenvalue weighted by molar-refractivity contribution is 0.124. The van der Waals surface area contributed by atoms with Crippen LogP contribution in [0.15, 0.2) is 54.6 Å². The summed E-state index contributed by atoms with van der Waals surface area (Å²) in [5.41, 5.74) is 0.772. The zero-order chi connectivity index (χ0) is 15.9. The van der Waals surface area contributed by atoms with Gasteiger partial charge in [0.25, 0.3) is 0 Å². The Bertz CT molecular complexity index is 562. The van der Waals surface area contributed by atoms with Crippen molar-refractivity contribution in [1.82, 2.24) is 5.32 Å². The molecule has 3 N–H and O–H groups in total. The van der Waals surface area contributed by atoms with Gasteiger partial charge in [0.1, 0.15) is 18.1 Å². The molecule has 0 aliphatic heterocycles. The lowest BCUT2D eigenvalue weighted by atomic mass is 10.0. The van der Waals surface area contributed by atoms with Crippen molar-refractivity contribution in [2.75, 3.05) is 6.61 Å². The number of para-hydroxylation sites is 1. The van der Waals surface area contributed by atoms with Gasteiger partial charge in [-0.05, 0) is 43.7 Å². The Balaban J connectivity index is 0.00000264. The minimum Gasteiger partial charge on any atom is -0.508 e. The molecule has 0 unspecified atom stereocenters. The highest BCUT2D eigenvalue weighted by molar-refractivity contribution is 5.85. The number of ether oxygens (including phenoxy) is 1. The van der Waals surface area contributed by atoms with Crippen LogP contribution in [0.1, 0.15) is 25.5 Å². The molecule has 0 fully saturated rings. The van der Waals surface area contributed by atoms with Gasteiger partial charge >= 0.3 is 0 Å². The maximum atomic E-state index is 10.3. The van der Waals surface area contributed by atoms with E-state index < -0.39 is 6.10 Å². The molecule has 126 valence electrons. The van der Waals surface area contributed by atoms with Gasteiger partial charge in [0.05, 0.1) is 6.10 Å². The van der Waals surface area contributed by atoms with Gasteiger partial charge in [-0.25, -0.2) is 0 Å². The van der Waals surface area contributed by atoms with E-state index in [0.717, 1.165) is 11.3 Å². The minimum absolute atomic E-state index is 0. The second-order valence-corrected chi connectivity index (χ2v) is 5.52. The quantitative estimate of drug-likeness (QED) is 0.722. The van der Waals surface area contributed by atoms with Gasteiger partial charge < -0.3 is 20.3 Å². The Hall–Kier alpha value is -1.75. The maximum absolute atomic E-state index is 10.3. The van der Waals surface area contributed by atoms with Crippen LogP contribution in [0.4, 0.5) is 0 Å². The molecule has 2 aromatic rings. The smallest absolute Gasteiger partial charge is 0.119 e. The highest BCUT2D eigenvalue weighted by atomic mass is 35.5. The van der Waals surface area contributed by atoms with E-state index in [9.17, 15) is 10.2 Å². The summed E-state index contributed by atoms with van der Waals surface area (Å²) >= 11 is 0. The fourth-order valence-corrected chi connectivity index (χ4v) is 2.29. The second kappa shape index (κ2) is 9.40. The zero-order valence-corrected chi connectivity index (χ0v) is 14.2. The number of aliphatic hydroxyl groups excluding tert-OH is 1. The van der Waals surface area contributed by atoms with E-state index in [1.54, 1.807) is 24.3 Å². The monoisotopic (exact) mass is 343 g/mol. The van der Waals surface area contributed by atoms with Gasteiger partial charge in [0.15, 0.2) is 0 Å². The highest BCUT2D eigenvalue weighted by Crippen LogP contribution is 2.20. The first-order chi connectivity index (χ1) is 10.6. The van der Waals surface area contributed by atoms with Crippen LogP contribution in [-0.4, -0.2) is 28.9 Å². The fraction of sp³-hybridized carbons (Fsp3) is 0.333. The number of hydrogen-bond donors (Lipinski definition) is 3. The summed E-state index contributed by atoms with van der Waals surface area (Å²) < 4.78 is 5.69. The third kappa shape index (κ3) is 6.10. The van der Waals surface area contributed by atoms with E-state index in [4.69, 9.17) is 4.74 Å². The third-order valence-corrected chi connectivity index (χ3v) is 3.50. The van der Waals surface area contributed by atoms with E-state index in [1.165, 1.54) is 0 Å². The Labute approximate surface area is 143 Å². The molecule has 3 atom stereocenters. The summed E-state index contributed by atoms with van der Waals surface area (Å²) in [5, 5.41) is 22.9. The van der Waals surface area contributed by atoms with E-state index in [-0.39, 0.29) is 30.2 Å². The van der Waals surface area contributed by atoms with Crippen molar-refractivity contribution in [2.24, 2.45) is 0 Å². The van der Waals surface area contributed by atoms with Crippen molar-refractivity contribution in [3.05, 3.63) is 60.2 Å². The van der Waals surface area contributed by atoms with Crippen molar-refractivity contribution >= 4 is 12.4 Å². The van der Waals surface area contributed by atoms with Gasteiger partial charge in [-0.3, -0.25) is 0 Å². The minimum atomic E-state index is -0.639. The number of aliphatic hydroxyl groups is 1. The Kier molecular flexibility index (Phi) is 7.89. The van der Waals surface area contributed by atoms with E-state index in [0.29, 0.717) is 6.61 Å². The number of phenols is 1. The van der Waals surface area contributed by atoms with E-state index in [2.05, 4.69) is 5.32 Å². The zero-order valence-electron chi connectivity index (χ0n) is 13.3. The van der Waals surface area contributed by atoms with E-state index in [1.807, 2.05) is 44.2 Å². The van der Waals surface area contributed by atoms with E-state index >= 15 is 0 Å². The molecule has 2 aromatic carbocycles. The molecule has 5 heteroatoms. The van der Waals surface area contributed by atoms with Crippen molar-refractivity contribution < 1.29 is 14.9 Å². The molecule has 0 heterocycles. The normalized spacial score (nSPS) is 14.4. The van der Waals surface area contributed by atoms with Crippen molar-refractivity contribution in [1.29, 1.82) is 0 Å². The first-order valence-corrected chi connectivity index (χ1v) is 7.47. The van der Waals surface area contributed by atoms with Crippen LogP contribution in [0.2, 0.25) is 0 Å². The average molecular weight is 344 g/mol. The largest absolute Gasteiger partial charge is 0.508 e. The molecule has 0 amide bonds. The predicted octanol–water partition coefficient (Wildman–Crippen LogP) is 3.29. The predicted molar refractivity (Wildman–Crippen MR) is 94.3 cm³/mol. The summed E-state index contributed by atoms with van der Waals surface area (Å²) in [4.78, 5) is 0. The summed E-state index contributed by atoms with van der Waals surface area (Å²) in [7, 11) is 0. The molecule has 0 aliphatic carbocycles. The standard InChI is InChI=1S/C18H23NO3.ClH/c1-13(12-22-17-6-4-3-5-7-17)19-14(2)18(21)15-8-10-16(20)11-9-15;/h3-11,13-14,18-21H,12H2,1-2H3;1H/t13-,14+,18+;/m1./s1/i3+1,4+1,5+1,6+1,7+1,17+1;. The maximum Gasteiger partial charge on any atom is 0.119 e. The topological polar surface area (TPSA) is 61.7 Å². The van der Waals surface area contributed by atoms with Crippen molar-refractivity contribution in [3.63, 3.8) is 0 Å². The van der Waals surface area contributed by atoms with Gasteiger partial charge in [0.2, 0.25) is 0 Å². The Morgan fingerprint density at radius 3 is 2.22 bits per heavy atom. The Morgan fingerprint density at radius 2 is 1.61 bits per heavy atom. The summed E-state index contributed by atoms with van der Waals surface area (Å²) in [6.45, 7) is 4.47. The van der Waals surface area contributed by atoms with Crippen LogP contribution >= 0.6 is 12.4 Å². The van der Waals surface area contributed by atoms with Crippen LogP contribution < -0.4 is 10.1 Å². The van der Waals surface area contributed by atoms with Crippen LogP contribution in [0.25, 0.3) is 0 Å². The van der Waals surface area contributed by atoms with Gasteiger partial charge in [0, 0.05) is 12.1 Å². The number of aromatic hydroxyl groups is 1. The molecule has 0 radical (unpaired) electrons. The molecule has 4 nitrogen and oxygen atoms in total. The molecular weight excluding hydrogens is 320 g/mol. The average Bonchev–Trinajstić information content (AvgIpc) is 2.54. The molecule has 0 aromatic heterocycles. The molecule has 0 saturated heterocycles. The third-order valence-electron chi connectivity index (χ3n) is 3.50. The number of hydrogen-bond acceptors (Lipinski definition) is 4. The number of benzene rings is 2. The Morgan fingerprint density at radius 1 is 1.00 bits per heavy atom. The van der Waals surface area contributed by atoms with Crippen LogP contribution in [0, 0.1) is 0 Å². The van der Waals surface area contributed by atoms with Gasteiger partial charge in [-0.2, -0.15) is 0 Å². The molecular formula is C18H24ClNO3. The fourth-order valence-electron chi connectivity index (χ4n) is 2.29. The van der Waals surface area contributed by atoms with Crippen LogP contribution in [0.3, 0.4) is 0 Å².